The minimum absolute atomic E-state index is 0.00978. The van der Waals surface area contributed by atoms with Crippen LogP contribution in [-0.2, 0) is 16.2 Å². The van der Waals surface area contributed by atoms with Crippen molar-refractivity contribution < 1.29 is 26.4 Å². The Kier molecular flexibility index (Phi) is 6.42. The summed E-state index contributed by atoms with van der Waals surface area (Å²) in [6.07, 6.45) is -4.49. The molecule has 2 aromatic carbocycles. The van der Waals surface area contributed by atoms with E-state index in [4.69, 9.17) is 11.6 Å². The molecule has 0 heterocycles. The molecule has 152 valence electrons. The van der Waals surface area contributed by atoms with Crippen LogP contribution >= 0.6 is 11.6 Å². The third-order valence-corrected chi connectivity index (χ3v) is 6.42. The van der Waals surface area contributed by atoms with Crippen LogP contribution in [0.2, 0.25) is 5.02 Å². The first-order chi connectivity index (χ1) is 12.8. The fourth-order valence-corrected chi connectivity index (χ4v) is 3.82. The maximum Gasteiger partial charge on any atom is 0.416 e. The topological polar surface area (TPSA) is 66.5 Å². The van der Waals surface area contributed by atoms with Crippen molar-refractivity contribution in [3.8, 4) is 0 Å². The maximum absolute atomic E-state index is 12.6. The molecular formula is C18H18ClF3N2O3S. The number of nitrogens with one attached hydrogen (secondary N) is 1. The third-order valence-electron chi connectivity index (χ3n) is 4.06. The van der Waals surface area contributed by atoms with Crippen LogP contribution in [0.25, 0.3) is 0 Å². The van der Waals surface area contributed by atoms with Crippen LogP contribution in [0.5, 0.6) is 0 Å². The van der Waals surface area contributed by atoms with Crippen molar-refractivity contribution in [1.82, 2.24) is 4.31 Å². The number of hydrogen-bond donors (Lipinski definition) is 1. The Morgan fingerprint density at radius 1 is 1.11 bits per heavy atom. The van der Waals surface area contributed by atoms with Crippen molar-refractivity contribution in [2.45, 2.75) is 31.0 Å². The second-order valence-electron chi connectivity index (χ2n) is 6.29. The lowest BCUT2D eigenvalue weighted by molar-refractivity contribution is -0.137. The zero-order valence-electron chi connectivity index (χ0n) is 15.2. The molecule has 0 unspecified atom stereocenters. The summed E-state index contributed by atoms with van der Waals surface area (Å²) in [5.41, 5.74) is -0.852. The van der Waals surface area contributed by atoms with E-state index in [-0.39, 0.29) is 27.2 Å². The van der Waals surface area contributed by atoms with E-state index < -0.39 is 27.7 Å². The highest BCUT2D eigenvalue weighted by Crippen LogP contribution is 2.30. The van der Waals surface area contributed by atoms with Gasteiger partial charge in [-0.15, -0.1) is 0 Å². The molecule has 1 N–H and O–H groups in total. The van der Waals surface area contributed by atoms with Gasteiger partial charge in [0.15, 0.2) is 0 Å². The molecule has 0 spiro atoms. The predicted octanol–water partition coefficient (Wildman–Crippen LogP) is 4.64. The molecule has 0 saturated heterocycles. The van der Waals surface area contributed by atoms with Gasteiger partial charge in [0.2, 0.25) is 10.0 Å². The number of rotatable bonds is 5. The van der Waals surface area contributed by atoms with Gasteiger partial charge in [-0.3, -0.25) is 4.79 Å². The molecule has 2 aromatic rings. The molecule has 10 heteroatoms. The molecular weight excluding hydrogens is 417 g/mol. The normalized spacial score (nSPS) is 12.5. The van der Waals surface area contributed by atoms with Gasteiger partial charge in [-0.1, -0.05) is 11.6 Å². The van der Waals surface area contributed by atoms with Crippen molar-refractivity contribution in [3.05, 3.63) is 58.6 Å². The van der Waals surface area contributed by atoms with Crippen molar-refractivity contribution in [1.29, 1.82) is 0 Å². The van der Waals surface area contributed by atoms with Gasteiger partial charge in [-0.05, 0) is 56.3 Å². The molecule has 0 saturated carbocycles. The van der Waals surface area contributed by atoms with Gasteiger partial charge >= 0.3 is 6.18 Å². The molecule has 28 heavy (non-hydrogen) atoms. The van der Waals surface area contributed by atoms with E-state index in [9.17, 15) is 26.4 Å². The summed E-state index contributed by atoms with van der Waals surface area (Å²) in [5.74, 6) is -0.742. The Hall–Kier alpha value is -2.10. The van der Waals surface area contributed by atoms with Crippen LogP contribution in [0.1, 0.15) is 29.8 Å². The quantitative estimate of drug-likeness (QED) is 0.745. The minimum Gasteiger partial charge on any atom is -0.322 e. The maximum atomic E-state index is 12.6. The van der Waals surface area contributed by atoms with E-state index in [0.29, 0.717) is 0 Å². The average Bonchev–Trinajstić information content (AvgIpc) is 2.60. The van der Waals surface area contributed by atoms with Crippen molar-refractivity contribution >= 4 is 33.2 Å². The van der Waals surface area contributed by atoms with E-state index >= 15 is 0 Å². The summed E-state index contributed by atoms with van der Waals surface area (Å²) in [5, 5.41) is 2.42. The molecule has 2 rings (SSSR count). The summed E-state index contributed by atoms with van der Waals surface area (Å²) < 4.78 is 64.2. The molecule has 0 fully saturated rings. The van der Waals surface area contributed by atoms with Crippen LogP contribution in [0.15, 0.2) is 47.4 Å². The first-order valence-corrected chi connectivity index (χ1v) is 9.92. The van der Waals surface area contributed by atoms with Gasteiger partial charge in [0.1, 0.15) is 0 Å². The fourth-order valence-electron chi connectivity index (χ4n) is 2.22. The molecule has 1 amide bonds. The van der Waals surface area contributed by atoms with Crippen molar-refractivity contribution in [2.24, 2.45) is 0 Å². The lowest BCUT2D eigenvalue weighted by Gasteiger charge is -2.21. The molecule has 0 radical (unpaired) electrons. The van der Waals surface area contributed by atoms with Crippen molar-refractivity contribution in [2.75, 3.05) is 12.4 Å². The number of carbonyl (C=O) groups is 1. The Morgan fingerprint density at radius 3 is 2.18 bits per heavy atom. The minimum atomic E-state index is -4.49. The van der Waals surface area contributed by atoms with E-state index in [1.807, 2.05) is 0 Å². The average molecular weight is 435 g/mol. The Morgan fingerprint density at radius 2 is 1.68 bits per heavy atom. The fraction of sp³-hybridized carbons (Fsp3) is 0.278. The first kappa shape index (κ1) is 22.2. The summed E-state index contributed by atoms with van der Waals surface area (Å²) in [6.45, 7) is 3.40. The van der Waals surface area contributed by atoms with Crippen molar-refractivity contribution in [3.63, 3.8) is 0 Å². The molecule has 0 aliphatic heterocycles. The number of anilines is 1. The van der Waals surface area contributed by atoms with Gasteiger partial charge in [0.05, 0.1) is 21.0 Å². The summed E-state index contributed by atoms with van der Waals surface area (Å²) in [6, 6.07) is 7.26. The summed E-state index contributed by atoms with van der Waals surface area (Å²) in [4.78, 5) is 12.4. The van der Waals surface area contributed by atoms with E-state index in [1.165, 1.54) is 19.2 Å². The number of halogens is 4. The molecule has 0 aromatic heterocycles. The largest absolute Gasteiger partial charge is 0.416 e. The smallest absolute Gasteiger partial charge is 0.322 e. The number of nitrogens with zero attached hydrogens (tertiary/aromatic N) is 1. The number of benzene rings is 2. The number of hydrogen-bond acceptors (Lipinski definition) is 3. The van der Waals surface area contributed by atoms with Gasteiger partial charge in [0.25, 0.3) is 5.91 Å². The van der Waals surface area contributed by atoms with Gasteiger partial charge < -0.3 is 5.32 Å². The van der Waals surface area contributed by atoms with Crippen LogP contribution in [0.3, 0.4) is 0 Å². The second-order valence-corrected chi connectivity index (χ2v) is 8.69. The molecule has 0 aliphatic rings. The first-order valence-electron chi connectivity index (χ1n) is 8.10. The van der Waals surface area contributed by atoms with E-state index in [1.54, 1.807) is 13.8 Å². The van der Waals surface area contributed by atoms with Gasteiger partial charge in [-0.2, -0.15) is 17.5 Å². The Balaban J connectivity index is 2.31. The predicted molar refractivity (Wildman–Crippen MR) is 101 cm³/mol. The van der Waals surface area contributed by atoms with Crippen LogP contribution in [0.4, 0.5) is 18.9 Å². The third kappa shape index (κ3) is 4.84. The monoisotopic (exact) mass is 434 g/mol. The summed E-state index contributed by atoms with van der Waals surface area (Å²) >= 11 is 6.02. The van der Waals surface area contributed by atoms with Gasteiger partial charge in [0, 0.05) is 18.8 Å². The molecule has 0 atom stereocenters. The Labute approximate surface area is 166 Å². The standard InChI is InChI=1S/C18H18ClF3N2O3S/c1-11(2)24(3)28(26,27)14-8-9-16(19)15(10-14)17(25)23-13-6-4-12(5-7-13)18(20,21)22/h4-11H,1-3H3,(H,23,25). The number of amides is 1. The second kappa shape index (κ2) is 8.10. The molecule has 0 aliphatic carbocycles. The highest BCUT2D eigenvalue weighted by atomic mass is 35.5. The lowest BCUT2D eigenvalue weighted by atomic mass is 10.1. The van der Waals surface area contributed by atoms with Crippen LogP contribution in [-0.4, -0.2) is 31.7 Å². The highest BCUT2D eigenvalue weighted by molar-refractivity contribution is 7.89. The highest BCUT2D eigenvalue weighted by Gasteiger charge is 2.30. The molecule has 5 nitrogen and oxygen atoms in total. The zero-order chi connectivity index (χ0) is 21.3. The lowest BCUT2D eigenvalue weighted by Crippen LogP contribution is -2.33. The van der Waals surface area contributed by atoms with E-state index in [0.717, 1.165) is 34.6 Å². The molecule has 0 bridgehead atoms. The van der Waals surface area contributed by atoms with Crippen LogP contribution < -0.4 is 5.32 Å². The van der Waals surface area contributed by atoms with Gasteiger partial charge in [-0.25, -0.2) is 8.42 Å². The summed E-state index contributed by atoms with van der Waals surface area (Å²) in [7, 11) is -2.42. The SMILES string of the molecule is CC(C)N(C)S(=O)(=O)c1ccc(Cl)c(C(=O)Nc2ccc(C(F)(F)F)cc2)c1. The number of carbonyl (C=O) groups excluding carboxylic acids is 1. The number of alkyl halides is 3. The number of sulfonamides is 1. The Bertz CT molecular complexity index is 975. The zero-order valence-corrected chi connectivity index (χ0v) is 16.8. The van der Waals surface area contributed by atoms with E-state index in [2.05, 4.69) is 5.32 Å². The van der Waals surface area contributed by atoms with Crippen LogP contribution in [0, 0.1) is 0 Å².